The minimum atomic E-state index is -3.18. The summed E-state index contributed by atoms with van der Waals surface area (Å²) in [6, 6.07) is 0. The van der Waals surface area contributed by atoms with Crippen molar-refractivity contribution >= 4 is 9.84 Å². The van der Waals surface area contributed by atoms with Crippen LogP contribution in [-0.2, 0) is 9.84 Å². The maximum absolute atomic E-state index is 12.8. The van der Waals surface area contributed by atoms with Crippen LogP contribution >= 0.6 is 0 Å². The van der Waals surface area contributed by atoms with Gasteiger partial charge in [-0.3, -0.25) is 0 Å². The second-order valence-electron chi connectivity index (χ2n) is 3.02. The normalized spacial score (nSPS) is 31.3. The predicted molar refractivity (Wildman–Crippen MR) is 43.5 cm³/mol. The van der Waals surface area contributed by atoms with Gasteiger partial charge in [-0.15, -0.1) is 0 Å². The Morgan fingerprint density at radius 3 is 2.67 bits per heavy atom. The standard InChI is InChI=1S/C7H11FO3S/c1-12(10,11)5-2-3-7(9)6(8)4-5/h3,5-6,9H,2,4H2,1H3. The van der Waals surface area contributed by atoms with Crippen molar-refractivity contribution < 1.29 is 17.9 Å². The van der Waals surface area contributed by atoms with E-state index in [1.54, 1.807) is 0 Å². The molecule has 0 aromatic heterocycles. The lowest BCUT2D eigenvalue weighted by molar-refractivity contribution is 0.235. The Kier molecular flexibility index (Phi) is 2.41. The minimum absolute atomic E-state index is 0.124. The summed E-state index contributed by atoms with van der Waals surface area (Å²) in [6.07, 6.45) is 0.894. The van der Waals surface area contributed by atoms with Crippen molar-refractivity contribution in [3.05, 3.63) is 11.8 Å². The van der Waals surface area contributed by atoms with E-state index in [1.165, 1.54) is 6.08 Å². The van der Waals surface area contributed by atoms with Crippen molar-refractivity contribution in [3.63, 3.8) is 0 Å². The minimum Gasteiger partial charge on any atom is -0.510 e. The van der Waals surface area contributed by atoms with Crippen LogP contribution in [0, 0.1) is 0 Å². The molecule has 0 amide bonds. The molecule has 0 aromatic rings. The van der Waals surface area contributed by atoms with Crippen molar-refractivity contribution in [2.45, 2.75) is 24.3 Å². The lowest BCUT2D eigenvalue weighted by atomic mass is 10.0. The number of rotatable bonds is 1. The molecule has 0 fully saturated rings. The Morgan fingerprint density at radius 1 is 1.67 bits per heavy atom. The Labute approximate surface area is 70.8 Å². The highest BCUT2D eigenvalue weighted by Gasteiger charge is 2.29. The third kappa shape index (κ3) is 1.97. The number of allylic oxidation sites excluding steroid dienone is 2. The monoisotopic (exact) mass is 194 g/mol. The molecule has 0 spiro atoms. The van der Waals surface area contributed by atoms with Crippen LogP contribution in [0.25, 0.3) is 0 Å². The molecule has 12 heavy (non-hydrogen) atoms. The first-order valence-electron chi connectivity index (χ1n) is 3.63. The zero-order chi connectivity index (χ0) is 9.35. The molecule has 3 nitrogen and oxygen atoms in total. The second-order valence-corrected chi connectivity index (χ2v) is 5.35. The molecule has 2 atom stereocenters. The second kappa shape index (κ2) is 3.05. The third-order valence-electron chi connectivity index (χ3n) is 1.99. The average Bonchev–Trinajstić information content (AvgIpc) is 1.92. The lowest BCUT2D eigenvalue weighted by Crippen LogP contribution is -2.27. The fourth-order valence-corrected chi connectivity index (χ4v) is 2.14. The number of hydrogen-bond donors (Lipinski definition) is 1. The van der Waals surface area contributed by atoms with Crippen molar-refractivity contribution in [3.8, 4) is 0 Å². The fraction of sp³-hybridized carbons (Fsp3) is 0.714. The third-order valence-corrected chi connectivity index (χ3v) is 3.58. The SMILES string of the molecule is CS(=O)(=O)C1CC=C(O)C(F)C1. The quantitative estimate of drug-likeness (QED) is 0.676. The number of hydrogen-bond acceptors (Lipinski definition) is 3. The van der Waals surface area contributed by atoms with Gasteiger partial charge in [-0.2, -0.15) is 0 Å². The van der Waals surface area contributed by atoms with E-state index in [0.717, 1.165) is 6.26 Å². The molecule has 1 aliphatic rings. The Balaban J connectivity index is 2.79. The van der Waals surface area contributed by atoms with Gasteiger partial charge in [0.05, 0.1) is 5.25 Å². The highest BCUT2D eigenvalue weighted by Crippen LogP contribution is 2.24. The lowest BCUT2D eigenvalue weighted by Gasteiger charge is -2.20. The van der Waals surface area contributed by atoms with Crippen molar-refractivity contribution in [2.75, 3.05) is 6.26 Å². The van der Waals surface area contributed by atoms with Gasteiger partial charge in [0.15, 0.2) is 16.0 Å². The van der Waals surface area contributed by atoms with E-state index in [0.29, 0.717) is 0 Å². The first-order valence-corrected chi connectivity index (χ1v) is 5.58. The summed E-state index contributed by atoms with van der Waals surface area (Å²) in [5, 5.41) is 8.18. The van der Waals surface area contributed by atoms with E-state index in [2.05, 4.69) is 0 Å². The molecule has 1 rings (SSSR count). The number of aliphatic hydroxyl groups excluding tert-OH is 1. The maximum Gasteiger partial charge on any atom is 0.158 e. The van der Waals surface area contributed by atoms with Gasteiger partial charge in [0.25, 0.3) is 0 Å². The van der Waals surface area contributed by atoms with Gasteiger partial charge in [0, 0.05) is 12.7 Å². The van der Waals surface area contributed by atoms with Crippen LogP contribution in [0.4, 0.5) is 4.39 Å². The Morgan fingerprint density at radius 2 is 2.25 bits per heavy atom. The highest BCUT2D eigenvalue weighted by atomic mass is 32.2. The zero-order valence-electron chi connectivity index (χ0n) is 6.70. The summed E-state index contributed by atoms with van der Waals surface area (Å²) in [7, 11) is -3.18. The summed E-state index contributed by atoms with van der Waals surface area (Å²) in [5.41, 5.74) is 0. The highest BCUT2D eigenvalue weighted by molar-refractivity contribution is 7.91. The number of alkyl halides is 1. The van der Waals surface area contributed by atoms with Gasteiger partial charge in [-0.1, -0.05) is 0 Å². The van der Waals surface area contributed by atoms with Gasteiger partial charge in [0.2, 0.25) is 0 Å². The molecule has 1 N–H and O–H groups in total. The maximum atomic E-state index is 12.8. The molecule has 0 saturated carbocycles. The molecule has 0 heterocycles. The van der Waals surface area contributed by atoms with E-state index in [-0.39, 0.29) is 18.6 Å². The van der Waals surface area contributed by atoms with E-state index < -0.39 is 21.3 Å². The smallest absolute Gasteiger partial charge is 0.158 e. The van der Waals surface area contributed by atoms with E-state index >= 15 is 0 Å². The summed E-state index contributed by atoms with van der Waals surface area (Å²) < 4.78 is 34.7. The molecule has 0 aromatic carbocycles. The first kappa shape index (κ1) is 9.51. The van der Waals surface area contributed by atoms with Crippen molar-refractivity contribution in [1.29, 1.82) is 0 Å². The fourth-order valence-electron chi connectivity index (χ4n) is 1.18. The van der Waals surface area contributed by atoms with Crippen LogP contribution in [0.2, 0.25) is 0 Å². The molecule has 70 valence electrons. The van der Waals surface area contributed by atoms with Crippen molar-refractivity contribution in [2.24, 2.45) is 0 Å². The molecule has 0 bridgehead atoms. The largest absolute Gasteiger partial charge is 0.510 e. The van der Waals surface area contributed by atoms with Crippen LogP contribution < -0.4 is 0 Å². The molecule has 5 heteroatoms. The van der Waals surface area contributed by atoms with Crippen LogP contribution in [0.3, 0.4) is 0 Å². The average molecular weight is 194 g/mol. The van der Waals surface area contributed by atoms with Gasteiger partial charge >= 0.3 is 0 Å². The van der Waals surface area contributed by atoms with Crippen LogP contribution in [0.15, 0.2) is 11.8 Å². The summed E-state index contributed by atoms with van der Waals surface area (Å²) in [6.45, 7) is 0. The van der Waals surface area contributed by atoms with Gasteiger partial charge in [-0.05, 0) is 12.5 Å². The Bertz CT molecular complexity index is 294. The molecule has 0 aliphatic heterocycles. The van der Waals surface area contributed by atoms with Crippen molar-refractivity contribution in [1.82, 2.24) is 0 Å². The molecular formula is C7H11FO3S. The molecule has 1 aliphatic carbocycles. The van der Waals surface area contributed by atoms with E-state index in [4.69, 9.17) is 5.11 Å². The Hall–Kier alpha value is -0.580. The van der Waals surface area contributed by atoms with Gasteiger partial charge in [-0.25, -0.2) is 12.8 Å². The van der Waals surface area contributed by atoms with Gasteiger partial charge in [0.1, 0.15) is 5.76 Å². The summed E-state index contributed by atoms with van der Waals surface area (Å²) in [4.78, 5) is 0. The topological polar surface area (TPSA) is 54.4 Å². The summed E-state index contributed by atoms with van der Waals surface area (Å²) in [5.74, 6) is -0.338. The number of aliphatic hydroxyl groups is 1. The van der Waals surface area contributed by atoms with Crippen LogP contribution in [-0.4, -0.2) is 31.2 Å². The first-order chi connectivity index (χ1) is 5.41. The van der Waals surface area contributed by atoms with E-state index in [9.17, 15) is 12.8 Å². The van der Waals surface area contributed by atoms with Crippen LogP contribution in [0.5, 0.6) is 0 Å². The molecule has 0 radical (unpaired) electrons. The zero-order valence-corrected chi connectivity index (χ0v) is 7.51. The molecule has 0 saturated heterocycles. The summed E-state index contributed by atoms with van der Waals surface area (Å²) >= 11 is 0. The van der Waals surface area contributed by atoms with Crippen LogP contribution in [0.1, 0.15) is 12.8 Å². The van der Waals surface area contributed by atoms with E-state index in [1.807, 2.05) is 0 Å². The predicted octanol–water partition coefficient (Wildman–Crippen LogP) is 0.973. The molecule has 2 unspecified atom stereocenters. The van der Waals surface area contributed by atoms with Gasteiger partial charge < -0.3 is 5.11 Å². The molecular weight excluding hydrogens is 183 g/mol. The number of halogens is 1. The number of sulfone groups is 1.